The molecule has 1 N–H and O–H groups in total. The molecule has 0 spiro atoms. The van der Waals surface area contributed by atoms with Gasteiger partial charge in [0.15, 0.2) is 5.78 Å². The molecule has 0 rings (SSSR count). The largest absolute Gasteiger partial charge is 0.480 e. The van der Waals surface area contributed by atoms with Crippen molar-refractivity contribution in [1.82, 2.24) is 0 Å². The molecule has 1 unspecified atom stereocenters. The molecule has 5 nitrogen and oxygen atoms in total. The number of ether oxygens (including phenoxy) is 1. The van der Waals surface area contributed by atoms with Crippen molar-refractivity contribution in [2.75, 3.05) is 6.61 Å². The van der Waals surface area contributed by atoms with Gasteiger partial charge in [0.2, 0.25) is 5.92 Å². The molecule has 0 saturated heterocycles. The first kappa shape index (κ1) is 11.4. The minimum atomic E-state index is -1.72. The van der Waals surface area contributed by atoms with E-state index in [1.165, 1.54) is 6.08 Å². The van der Waals surface area contributed by atoms with Crippen molar-refractivity contribution in [1.29, 1.82) is 0 Å². The van der Waals surface area contributed by atoms with Crippen LogP contribution < -0.4 is 0 Å². The summed E-state index contributed by atoms with van der Waals surface area (Å²) >= 11 is 0. The Hall–Kier alpha value is -1.65. The average molecular weight is 186 g/mol. The number of hydrogen-bond acceptors (Lipinski definition) is 4. The molecule has 0 aliphatic carbocycles. The van der Waals surface area contributed by atoms with E-state index in [0.29, 0.717) is 0 Å². The molecule has 0 radical (unpaired) electrons. The van der Waals surface area contributed by atoms with E-state index >= 15 is 0 Å². The van der Waals surface area contributed by atoms with Crippen LogP contribution in [-0.2, 0) is 19.1 Å². The van der Waals surface area contributed by atoms with Crippen LogP contribution in [0.15, 0.2) is 12.7 Å². The van der Waals surface area contributed by atoms with Crippen molar-refractivity contribution in [3.8, 4) is 0 Å². The number of carbonyl (C=O) groups excluding carboxylic acids is 2. The molecule has 5 heteroatoms. The third kappa shape index (κ3) is 3.50. The number of aliphatic carboxylic acids is 1. The molecule has 0 heterocycles. The topological polar surface area (TPSA) is 80.7 Å². The molecule has 0 bridgehead atoms. The second-order valence-corrected chi connectivity index (χ2v) is 2.30. The summed E-state index contributed by atoms with van der Waals surface area (Å²) in [6, 6.07) is 0. The van der Waals surface area contributed by atoms with Gasteiger partial charge in [-0.1, -0.05) is 12.7 Å². The van der Waals surface area contributed by atoms with Crippen molar-refractivity contribution in [2.45, 2.75) is 6.92 Å². The fourth-order valence-electron chi connectivity index (χ4n) is 0.665. The summed E-state index contributed by atoms with van der Waals surface area (Å²) < 4.78 is 4.42. The minimum Gasteiger partial charge on any atom is -0.480 e. The average Bonchev–Trinajstić information content (AvgIpc) is 1.99. The lowest BCUT2D eigenvalue weighted by Crippen LogP contribution is -2.31. The van der Waals surface area contributed by atoms with Crippen LogP contribution in [0.2, 0.25) is 0 Å². The van der Waals surface area contributed by atoms with Gasteiger partial charge in [0, 0.05) is 0 Å². The van der Waals surface area contributed by atoms with Crippen molar-refractivity contribution < 1.29 is 24.2 Å². The van der Waals surface area contributed by atoms with Gasteiger partial charge in [-0.3, -0.25) is 14.4 Å². The highest BCUT2D eigenvalue weighted by molar-refractivity contribution is 6.13. The van der Waals surface area contributed by atoms with Gasteiger partial charge < -0.3 is 9.84 Å². The summed E-state index contributed by atoms with van der Waals surface area (Å²) in [7, 11) is 0. The number of esters is 1. The van der Waals surface area contributed by atoms with Gasteiger partial charge in [-0.25, -0.2) is 0 Å². The first-order valence-corrected chi connectivity index (χ1v) is 3.51. The molecule has 0 aromatic carbocycles. The maximum atomic E-state index is 10.9. The Balaban J connectivity index is 4.38. The summed E-state index contributed by atoms with van der Waals surface area (Å²) in [6.07, 6.45) is 1.29. The van der Waals surface area contributed by atoms with Gasteiger partial charge in [0.05, 0.1) is 0 Å². The van der Waals surface area contributed by atoms with Crippen LogP contribution in [-0.4, -0.2) is 29.4 Å². The number of carboxylic acid groups (broad SMARTS) is 1. The normalized spacial score (nSPS) is 11.5. The first-order valence-electron chi connectivity index (χ1n) is 3.51. The molecule has 1 atom stereocenters. The standard InChI is InChI=1S/C8H10O5/c1-3-4-13-8(12)6(5(2)9)7(10)11/h3,6H,1,4H2,2H3,(H,10,11). The van der Waals surface area contributed by atoms with Crippen molar-refractivity contribution in [2.24, 2.45) is 5.92 Å². The second kappa shape index (κ2) is 5.08. The van der Waals surface area contributed by atoms with Crippen molar-refractivity contribution in [3.05, 3.63) is 12.7 Å². The second-order valence-electron chi connectivity index (χ2n) is 2.30. The fourth-order valence-corrected chi connectivity index (χ4v) is 0.665. The van der Waals surface area contributed by atoms with Gasteiger partial charge in [0.1, 0.15) is 6.61 Å². The van der Waals surface area contributed by atoms with Crippen LogP contribution in [0, 0.1) is 5.92 Å². The number of hydrogen-bond donors (Lipinski definition) is 1. The highest BCUT2D eigenvalue weighted by Gasteiger charge is 2.32. The van der Waals surface area contributed by atoms with E-state index in [2.05, 4.69) is 11.3 Å². The molecule has 0 aliphatic heterocycles. The molecule has 0 saturated carbocycles. The van der Waals surface area contributed by atoms with Crippen LogP contribution in [0.3, 0.4) is 0 Å². The van der Waals surface area contributed by atoms with Crippen molar-refractivity contribution in [3.63, 3.8) is 0 Å². The first-order chi connectivity index (χ1) is 6.00. The van der Waals surface area contributed by atoms with E-state index in [-0.39, 0.29) is 6.61 Å². The third-order valence-electron chi connectivity index (χ3n) is 1.23. The maximum absolute atomic E-state index is 10.9. The molecule has 0 aromatic rings. The van der Waals surface area contributed by atoms with Gasteiger partial charge >= 0.3 is 11.9 Å². The zero-order valence-electron chi connectivity index (χ0n) is 7.15. The molecule has 0 amide bonds. The molecule has 0 aliphatic rings. The zero-order valence-corrected chi connectivity index (χ0v) is 7.15. The molecular formula is C8H10O5. The summed E-state index contributed by atoms with van der Waals surface area (Å²) in [5, 5.41) is 8.47. The van der Waals surface area contributed by atoms with Crippen LogP contribution in [0.25, 0.3) is 0 Å². The SMILES string of the molecule is C=CCOC(=O)C(C(C)=O)C(=O)O. The van der Waals surface area contributed by atoms with Crippen LogP contribution in [0.1, 0.15) is 6.92 Å². The Kier molecular flexibility index (Phi) is 4.43. The lowest BCUT2D eigenvalue weighted by atomic mass is 10.1. The number of ketones is 1. The Morgan fingerprint density at radius 2 is 2.08 bits per heavy atom. The number of Topliss-reactive ketones (excluding diaryl/α,β-unsaturated/α-hetero) is 1. The lowest BCUT2D eigenvalue weighted by Gasteiger charge is -2.06. The molecule has 13 heavy (non-hydrogen) atoms. The summed E-state index contributed by atoms with van der Waals surface area (Å²) in [5.41, 5.74) is 0. The third-order valence-corrected chi connectivity index (χ3v) is 1.23. The van der Waals surface area contributed by atoms with Gasteiger partial charge in [0.25, 0.3) is 0 Å². The molecular weight excluding hydrogens is 176 g/mol. The predicted molar refractivity (Wildman–Crippen MR) is 43.0 cm³/mol. The smallest absolute Gasteiger partial charge is 0.328 e. The monoisotopic (exact) mass is 186 g/mol. The van der Waals surface area contributed by atoms with E-state index in [4.69, 9.17) is 5.11 Å². The molecule has 72 valence electrons. The fraction of sp³-hybridized carbons (Fsp3) is 0.375. The molecule has 0 fully saturated rings. The van der Waals surface area contributed by atoms with Gasteiger partial charge in [-0.15, -0.1) is 0 Å². The predicted octanol–water partition coefficient (Wildman–Crippen LogP) is 0.00540. The van der Waals surface area contributed by atoms with E-state index in [1.807, 2.05) is 0 Å². The summed E-state index contributed by atoms with van der Waals surface area (Å²) in [4.78, 5) is 32.0. The summed E-state index contributed by atoms with van der Waals surface area (Å²) in [6.45, 7) is 4.19. The van der Waals surface area contributed by atoms with Crippen LogP contribution >= 0.6 is 0 Å². The Morgan fingerprint density at radius 1 is 1.54 bits per heavy atom. The Labute approximate surface area is 75.0 Å². The molecule has 0 aromatic heterocycles. The van der Waals surface area contributed by atoms with Crippen LogP contribution in [0.5, 0.6) is 0 Å². The maximum Gasteiger partial charge on any atom is 0.328 e. The van der Waals surface area contributed by atoms with E-state index in [1.54, 1.807) is 0 Å². The Morgan fingerprint density at radius 3 is 2.38 bits per heavy atom. The number of carbonyl (C=O) groups is 3. The lowest BCUT2D eigenvalue weighted by molar-refractivity contribution is -0.160. The number of carboxylic acids is 1. The van der Waals surface area contributed by atoms with Gasteiger partial charge in [-0.2, -0.15) is 0 Å². The highest BCUT2D eigenvalue weighted by Crippen LogP contribution is 2.01. The number of rotatable bonds is 5. The highest BCUT2D eigenvalue weighted by atomic mass is 16.5. The van der Waals surface area contributed by atoms with Gasteiger partial charge in [-0.05, 0) is 6.92 Å². The van der Waals surface area contributed by atoms with E-state index in [9.17, 15) is 14.4 Å². The van der Waals surface area contributed by atoms with E-state index in [0.717, 1.165) is 6.92 Å². The quantitative estimate of drug-likeness (QED) is 0.371. The van der Waals surface area contributed by atoms with Crippen LogP contribution in [0.4, 0.5) is 0 Å². The zero-order chi connectivity index (χ0) is 10.4. The van der Waals surface area contributed by atoms with Crippen molar-refractivity contribution >= 4 is 17.7 Å². The van der Waals surface area contributed by atoms with E-state index < -0.39 is 23.6 Å². The minimum absolute atomic E-state index is 0.101. The Bertz CT molecular complexity index is 229. The summed E-state index contributed by atoms with van der Waals surface area (Å²) in [5.74, 6) is -5.03.